The number of amides is 1. The number of hydrogen-bond acceptors (Lipinski definition) is 4. The van der Waals surface area contributed by atoms with Crippen molar-refractivity contribution in [3.63, 3.8) is 0 Å². The third kappa shape index (κ3) is 4.03. The van der Waals surface area contributed by atoms with E-state index in [-0.39, 0.29) is 30.7 Å². The highest BCUT2D eigenvalue weighted by atomic mass is 35.5. The molecule has 1 amide bonds. The van der Waals surface area contributed by atoms with Gasteiger partial charge in [-0.15, -0.1) is 13.2 Å². The maximum atomic E-state index is 12.7. The number of benzene rings is 2. The Labute approximate surface area is 151 Å². The molecule has 0 radical (unpaired) electrons. The van der Waals surface area contributed by atoms with Gasteiger partial charge in [0.05, 0.1) is 22.6 Å². The van der Waals surface area contributed by atoms with Crippen molar-refractivity contribution in [3.05, 3.63) is 46.5 Å². The van der Waals surface area contributed by atoms with Gasteiger partial charge in [0.2, 0.25) is 0 Å². The van der Waals surface area contributed by atoms with E-state index in [1.807, 2.05) is 0 Å². The molecule has 5 nitrogen and oxygen atoms in total. The predicted octanol–water partition coefficient (Wildman–Crippen LogP) is 4.47. The standard InChI is InChI=1S/C17H14ClF3N2O3/c18-10-3-4-11-12(7-10)22-13-6-9(2-1-5-24)15(26-17(19,20)21)8-14(13)23-16(11)25/h3-4,6-8,22,24H,1-2,5H2,(H,23,25). The number of fused-ring (bicyclic) bond motifs is 2. The maximum Gasteiger partial charge on any atom is 0.573 e. The van der Waals surface area contributed by atoms with Crippen molar-refractivity contribution in [1.82, 2.24) is 0 Å². The molecule has 138 valence electrons. The number of aliphatic hydroxyl groups excluding tert-OH is 1. The quantitative estimate of drug-likeness (QED) is 0.725. The summed E-state index contributed by atoms with van der Waals surface area (Å²) >= 11 is 5.96. The van der Waals surface area contributed by atoms with Crippen LogP contribution in [0.15, 0.2) is 30.3 Å². The fraction of sp³-hybridized carbons (Fsp3) is 0.235. The molecule has 0 fully saturated rings. The van der Waals surface area contributed by atoms with Gasteiger partial charge in [-0.2, -0.15) is 0 Å². The lowest BCUT2D eigenvalue weighted by molar-refractivity contribution is -0.274. The maximum absolute atomic E-state index is 12.7. The second-order valence-corrected chi connectivity index (χ2v) is 6.09. The average molecular weight is 387 g/mol. The summed E-state index contributed by atoms with van der Waals surface area (Å²) in [5, 5.41) is 15.0. The molecule has 0 saturated carbocycles. The van der Waals surface area contributed by atoms with Gasteiger partial charge >= 0.3 is 6.36 Å². The molecular weight excluding hydrogens is 373 g/mol. The second kappa shape index (κ2) is 7.05. The van der Waals surface area contributed by atoms with E-state index >= 15 is 0 Å². The number of alkyl halides is 3. The normalized spacial score (nSPS) is 13.2. The summed E-state index contributed by atoms with van der Waals surface area (Å²) in [7, 11) is 0. The molecule has 26 heavy (non-hydrogen) atoms. The smallest absolute Gasteiger partial charge is 0.405 e. The molecule has 3 N–H and O–H groups in total. The lowest BCUT2D eigenvalue weighted by Gasteiger charge is -2.17. The average Bonchev–Trinajstić information content (AvgIpc) is 2.66. The highest BCUT2D eigenvalue weighted by Crippen LogP contribution is 2.39. The van der Waals surface area contributed by atoms with Crippen LogP contribution < -0.4 is 15.4 Å². The minimum atomic E-state index is -4.87. The van der Waals surface area contributed by atoms with Crippen molar-refractivity contribution in [2.24, 2.45) is 0 Å². The van der Waals surface area contributed by atoms with Crippen LogP contribution in [0.25, 0.3) is 0 Å². The van der Waals surface area contributed by atoms with Gasteiger partial charge in [-0.05, 0) is 42.7 Å². The fourth-order valence-corrected chi connectivity index (χ4v) is 2.84. The van der Waals surface area contributed by atoms with Gasteiger partial charge in [0.1, 0.15) is 5.75 Å². The molecule has 1 aliphatic heterocycles. The number of carbonyl (C=O) groups excluding carboxylic acids is 1. The topological polar surface area (TPSA) is 70.6 Å². The molecule has 1 heterocycles. The molecule has 3 rings (SSSR count). The van der Waals surface area contributed by atoms with Gasteiger partial charge in [0, 0.05) is 17.7 Å². The van der Waals surface area contributed by atoms with E-state index in [0.29, 0.717) is 22.0 Å². The highest BCUT2D eigenvalue weighted by Gasteiger charge is 2.33. The van der Waals surface area contributed by atoms with E-state index in [4.69, 9.17) is 16.7 Å². The van der Waals surface area contributed by atoms with Crippen molar-refractivity contribution in [3.8, 4) is 5.75 Å². The van der Waals surface area contributed by atoms with Gasteiger partial charge in [0.15, 0.2) is 0 Å². The Morgan fingerprint density at radius 3 is 2.50 bits per heavy atom. The second-order valence-electron chi connectivity index (χ2n) is 5.65. The number of carbonyl (C=O) groups is 1. The molecule has 0 spiro atoms. The molecule has 0 aromatic heterocycles. The van der Waals surface area contributed by atoms with Crippen LogP contribution in [0, 0.1) is 0 Å². The zero-order valence-electron chi connectivity index (χ0n) is 13.3. The monoisotopic (exact) mass is 386 g/mol. The first kappa shape index (κ1) is 18.3. The molecular formula is C17H14ClF3N2O3. The van der Waals surface area contributed by atoms with E-state index in [9.17, 15) is 18.0 Å². The van der Waals surface area contributed by atoms with Crippen LogP contribution in [-0.2, 0) is 6.42 Å². The number of rotatable bonds is 4. The Bertz CT molecular complexity index is 856. The Kier molecular flexibility index (Phi) is 4.97. The van der Waals surface area contributed by atoms with Gasteiger partial charge in [0.25, 0.3) is 5.91 Å². The number of ether oxygens (including phenoxy) is 1. The summed E-state index contributed by atoms with van der Waals surface area (Å²) in [6.07, 6.45) is -4.43. The number of halogens is 4. The largest absolute Gasteiger partial charge is 0.573 e. The summed E-state index contributed by atoms with van der Waals surface area (Å²) in [6, 6.07) is 7.20. The minimum Gasteiger partial charge on any atom is -0.405 e. The van der Waals surface area contributed by atoms with Crippen molar-refractivity contribution in [2.45, 2.75) is 19.2 Å². The molecule has 0 aliphatic carbocycles. The summed E-state index contributed by atoms with van der Waals surface area (Å²) in [5.74, 6) is -0.903. The molecule has 2 aromatic rings. The Morgan fingerprint density at radius 2 is 1.81 bits per heavy atom. The van der Waals surface area contributed by atoms with E-state index in [2.05, 4.69) is 15.4 Å². The molecule has 0 unspecified atom stereocenters. The molecule has 0 atom stereocenters. The third-order valence-electron chi connectivity index (χ3n) is 3.77. The zero-order valence-corrected chi connectivity index (χ0v) is 14.0. The number of aryl methyl sites for hydroxylation is 1. The van der Waals surface area contributed by atoms with E-state index in [1.54, 1.807) is 12.1 Å². The van der Waals surface area contributed by atoms with E-state index in [0.717, 1.165) is 6.07 Å². The lowest BCUT2D eigenvalue weighted by Crippen LogP contribution is -2.19. The van der Waals surface area contributed by atoms with E-state index in [1.165, 1.54) is 12.1 Å². The predicted molar refractivity (Wildman–Crippen MR) is 91.2 cm³/mol. The summed E-state index contributed by atoms with van der Waals surface area (Å²) < 4.78 is 42.2. The van der Waals surface area contributed by atoms with E-state index < -0.39 is 18.0 Å². The van der Waals surface area contributed by atoms with Crippen molar-refractivity contribution in [2.75, 3.05) is 17.2 Å². The summed E-state index contributed by atoms with van der Waals surface area (Å²) in [6.45, 7) is -0.175. The summed E-state index contributed by atoms with van der Waals surface area (Å²) in [4.78, 5) is 12.3. The Balaban J connectivity index is 2.06. The van der Waals surface area contributed by atoms with Crippen LogP contribution in [0.1, 0.15) is 22.3 Å². The van der Waals surface area contributed by atoms with Crippen LogP contribution in [0.3, 0.4) is 0 Å². The van der Waals surface area contributed by atoms with Crippen LogP contribution in [0.2, 0.25) is 5.02 Å². The zero-order chi connectivity index (χ0) is 18.9. The van der Waals surface area contributed by atoms with Gasteiger partial charge < -0.3 is 20.5 Å². The first-order chi connectivity index (χ1) is 12.3. The van der Waals surface area contributed by atoms with Crippen molar-refractivity contribution < 1.29 is 27.8 Å². The first-order valence-corrected chi connectivity index (χ1v) is 8.06. The SMILES string of the molecule is O=C1Nc2cc(OC(F)(F)F)c(CCCO)cc2Nc2cc(Cl)ccc21. The van der Waals surface area contributed by atoms with Crippen LogP contribution in [0.5, 0.6) is 5.75 Å². The Hall–Kier alpha value is -2.45. The first-order valence-electron chi connectivity index (χ1n) is 7.68. The van der Waals surface area contributed by atoms with Crippen LogP contribution in [-0.4, -0.2) is 24.0 Å². The number of anilines is 3. The molecule has 1 aliphatic rings. The third-order valence-corrected chi connectivity index (χ3v) is 4.01. The van der Waals surface area contributed by atoms with Gasteiger partial charge in [-0.25, -0.2) is 0 Å². The fourth-order valence-electron chi connectivity index (χ4n) is 2.67. The number of hydrogen-bond donors (Lipinski definition) is 3. The lowest BCUT2D eigenvalue weighted by atomic mass is 10.1. The van der Waals surface area contributed by atoms with Gasteiger partial charge in [-0.3, -0.25) is 4.79 Å². The molecule has 9 heteroatoms. The highest BCUT2D eigenvalue weighted by molar-refractivity contribution is 6.31. The minimum absolute atomic E-state index is 0.148. The molecule has 2 aromatic carbocycles. The van der Waals surface area contributed by atoms with Crippen molar-refractivity contribution in [1.29, 1.82) is 0 Å². The van der Waals surface area contributed by atoms with Gasteiger partial charge in [-0.1, -0.05) is 11.6 Å². The Morgan fingerprint density at radius 1 is 1.08 bits per heavy atom. The van der Waals surface area contributed by atoms with Crippen LogP contribution >= 0.6 is 11.6 Å². The number of nitrogens with one attached hydrogen (secondary N) is 2. The molecule has 0 saturated heterocycles. The van der Waals surface area contributed by atoms with Crippen molar-refractivity contribution >= 4 is 34.6 Å². The number of aliphatic hydroxyl groups is 1. The van der Waals surface area contributed by atoms with Crippen LogP contribution in [0.4, 0.5) is 30.2 Å². The molecule has 0 bridgehead atoms. The summed E-state index contributed by atoms with van der Waals surface area (Å²) in [5.41, 5.74) is 1.55.